The van der Waals surface area contributed by atoms with E-state index in [0.29, 0.717) is 11.2 Å². The molecule has 0 unspecified atom stereocenters. The van der Waals surface area contributed by atoms with Gasteiger partial charge >= 0.3 is 4.87 Å². The van der Waals surface area contributed by atoms with Crippen LogP contribution in [0.25, 0.3) is 0 Å². The Morgan fingerprint density at radius 2 is 2.00 bits per heavy atom. The average Bonchev–Trinajstić information content (AvgIpc) is 3.48. The molecule has 1 amide bonds. The summed E-state index contributed by atoms with van der Waals surface area (Å²) in [6.45, 7) is 1.86. The summed E-state index contributed by atoms with van der Waals surface area (Å²) in [4.78, 5) is 33.6. The molecule has 158 valence electrons. The SMILES string of the molecule is O=C(Cn1c2c(sc1=O)[C@@H](c1cccnc1)[C@@H]1[C@H]3CC[C@@H](C3)[C@H]1S2)N1CCCCC1. The zero-order chi connectivity index (χ0) is 20.2. The van der Waals surface area contributed by atoms with E-state index in [2.05, 4.69) is 11.1 Å². The zero-order valence-corrected chi connectivity index (χ0v) is 18.7. The lowest BCUT2D eigenvalue weighted by molar-refractivity contribution is -0.132. The second-order valence-corrected chi connectivity index (χ2v) is 11.5. The number of likely N-dealkylation sites (tertiary alicyclic amines) is 1. The van der Waals surface area contributed by atoms with E-state index in [-0.39, 0.29) is 23.2 Å². The molecule has 0 N–H and O–H groups in total. The lowest BCUT2D eigenvalue weighted by Crippen LogP contribution is -2.39. The summed E-state index contributed by atoms with van der Waals surface area (Å²) < 4.78 is 1.80. The van der Waals surface area contributed by atoms with Crippen LogP contribution in [0.5, 0.6) is 0 Å². The van der Waals surface area contributed by atoms with E-state index in [1.165, 1.54) is 47.5 Å². The van der Waals surface area contributed by atoms with Crippen LogP contribution >= 0.6 is 23.1 Å². The fraction of sp³-hybridized carbons (Fsp3) is 0.609. The second-order valence-electron chi connectivity index (χ2n) is 9.32. The molecule has 2 aliphatic heterocycles. The van der Waals surface area contributed by atoms with Gasteiger partial charge in [0.1, 0.15) is 6.54 Å². The molecule has 2 aliphatic carbocycles. The summed E-state index contributed by atoms with van der Waals surface area (Å²) in [7, 11) is 0. The van der Waals surface area contributed by atoms with Crippen molar-refractivity contribution in [1.82, 2.24) is 14.5 Å². The molecule has 0 radical (unpaired) electrons. The van der Waals surface area contributed by atoms with E-state index in [1.54, 1.807) is 4.57 Å². The Morgan fingerprint density at radius 1 is 1.17 bits per heavy atom. The highest BCUT2D eigenvalue weighted by Gasteiger charge is 2.55. The maximum atomic E-state index is 13.1. The van der Waals surface area contributed by atoms with Crippen molar-refractivity contribution in [2.24, 2.45) is 17.8 Å². The van der Waals surface area contributed by atoms with Crippen LogP contribution in [0.15, 0.2) is 34.3 Å². The molecule has 7 heteroatoms. The van der Waals surface area contributed by atoms with Crippen molar-refractivity contribution >= 4 is 29.0 Å². The highest BCUT2D eigenvalue weighted by molar-refractivity contribution is 8.00. The fourth-order valence-corrected chi connectivity index (χ4v) is 9.55. The molecule has 6 rings (SSSR count). The zero-order valence-electron chi connectivity index (χ0n) is 17.0. The Kier molecular flexibility index (Phi) is 4.79. The van der Waals surface area contributed by atoms with Crippen LogP contribution in [0.1, 0.15) is 54.9 Å². The van der Waals surface area contributed by atoms with Gasteiger partial charge in [-0.05, 0) is 67.9 Å². The molecule has 4 aliphatic rings. The number of aromatic nitrogens is 2. The smallest absolute Gasteiger partial charge is 0.308 e. The van der Waals surface area contributed by atoms with Gasteiger partial charge in [-0.3, -0.25) is 19.1 Å². The highest BCUT2D eigenvalue weighted by atomic mass is 32.2. The maximum Gasteiger partial charge on any atom is 0.308 e. The van der Waals surface area contributed by atoms with Crippen LogP contribution in [0.3, 0.4) is 0 Å². The molecule has 5 nitrogen and oxygen atoms in total. The summed E-state index contributed by atoms with van der Waals surface area (Å²) in [5.74, 6) is 2.45. The van der Waals surface area contributed by atoms with Gasteiger partial charge in [-0.25, -0.2) is 0 Å². The summed E-state index contributed by atoms with van der Waals surface area (Å²) in [5.41, 5.74) is 1.23. The third kappa shape index (κ3) is 3.00. The molecule has 30 heavy (non-hydrogen) atoms. The first-order chi connectivity index (χ1) is 14.7. The molecule has 2 aromatic heterocycles. The van der Waals surface area contributed by atoms with Gasteiger partial charge in [-0.15, -0.1) is 11.8 Å². The van der Waals surface area contributed by atoms with Crippen LogP contribution in [0.2, 0.25) is 0 Å². The Hall–Kier alpha value is -1.60. The van der Waals surface area contributed by atoms with Crippen LogP contribution in [0, 0.1) is 17.8 Å². The third-order valence-electron chi connectivity index (χ3n) is 7.74. The summed E-state index contributed by atoms with van der Waals surface area (Å²) in [6, 6.07) is 4.19. The van der Waals surface area contributed by atoms with E-state index in [9.17, 15) is 9.59 Å². The van der Waals surface area contributed by atoms with E-state index in [1.807, 2.05) is 35.1 Å². The van der Waals surface area contributed by atoms with Gasteiger partial charge in [0.2, 0.25) is 5.91 Å². The minimum atomic E-state index is 0.0269. The number of thiazole rings is 1. The normalized spacial score (nSPS) is 32.1. The minimum Gasteiger partial charge on any atom is -0.341 e. The Labute approximate surface area is 184 Å². The van der Waals surface area contributed by atoms with Crippen LogP contribution in [-0.2, 0) is 11.3 Å². The Bertz CT molecular complexity index is 1010. The number of hydrogen-bond acceptors (Lipinski definition) is 5. The van der Waals surface area contributed by atoms with E-state index in [4.69, 9.17) is 0 Å². The Balaban J connectivity index is 1.40. The van der Waals surface area contributed by atoms with Gasteiger partial charge in [0.25, 0.3) is 0 Å². The van der Waals surface area contributed by atoms with Gasteiger partial charge in [-0.1, -0.05) is 17.4 Å². The maximum absolute atomic E-state index is 13.1. The topological polar surface area (TPSA) is 55.2 Å². The molecule has 3 fully saturated rings. The number of fused-ring (bicyclic) bond motifs is 6. The summed E-state index contributed by atoms with van der Waals surface area (Å²) >= 11 is 3.28. The number of carbonyl (C=O) groups excluding carboxylic acids is 1. The largest absolute Gasteiger partial charge is 0.341 e. The van der Waals surface area contributed by atoms with Gasteiger partial charge in [-0.2, -0.15) is 0 Å². The van der Waals surface area contributed by atoms with Crippen LogP contribution in [-0.4, -0.2) is 38.7 Å². The first-order valence-electron chi connectivity index (χ1n) is 11.3. The number of nitrogens with zero attached hydrogens (tertiary/aromatic N) is 3. The predicted molar refractivity (Wildman–Crippen MR) is 119 cm³/mol. The molecule has 5 atom stereocenters. The van der Waals surface area contributed by atoms with Crippen molar-refractivity contribution in [3.05, 3.63) is 44.6 Å². The average molecular weight is 442 g/mol. The monoisotopic (exact) mass is 441 g/mol. The van der Waals surface area contributed by atoms with E-state index in [0.717, 1.165) is 42.8 Å². The lowest BCUT2D eigenvalue weighted by Gasteiger charge is -2.40. The lowest BCUT2D eigenvalue weighted by atomic mass is 9.75. The minimum absolute atomic E-state index is 0.0269. The van der Waals surface area contributed by atoms with E-state index >= 15 is 0 Å². The fourth-order valence-electron chi connectivity index (χ4n) is 6.40. The number of thioether (sulfide) groups is 1. The van der Waals surface area contributed by atoms with Crippen molar-refractivity contribution in [2.75, 3.05) is 13.1 Å². The number of pyridine rings is 1. The molecule has 2 aromatic rings. The van der Waals surface area contributed by atoms with Crippen LogP contribution < -0.4 is 4.87 Å². The highest BCUT2D eigenvalue weighted by Crippen LogP contribution is 2.63. The number of carbonyl (C=O) groups is 1. The second kappa shape index (κ2) is 7.52. The molecular formula is C23H27N3O2S2. The first-order valence-corrected chi connectivity index (χ1v) is 13.0. The Morgan fingerprint density at radius 3 is 2.80 bits per heavy atom. The number of amides is 1. The van der Waals surface area contributed by atoms with Crippen molar-refractivity contribution < 1.29 is 4.79 Å². The van der Waals surface area contributed by atoms with E-state index < -0.39 is 0 Å². The van der Waals surface area contributed by atoms with Crippen molar-refractivity contribution in [1.29, 1.82) is 0 Å². The quantitative estimate of drug-likeness (QED) is 0.723. The van der Waals surface area contributed by atoms with Crippen LogP contribution in [0.4, 0.5) is 0 Å². The molecule has 0 spiro atoms. The van der Waals surface area contributed by atoms with Gasteiger partial charge in [0, 0.05) is 41.5 Å². The van der Waals surface area contributed by atoms with Crippen molar-refractivity contribution in [3.8, 4) is 0 Å². The van der Waals surface area contributed by atoms with Gasteiger partial charge in [0.15, 0.2) is 0 Å². The predicted octanol–water partition coefficient (Wildman–Crippen LogP) is 3.97. The first kappa shape index (κ1) is 19.1. The van der Waals surface area contributed by atoms with Crippen molar-refractivity contribution in [2.45, 2.75) is 61.3 Å². The van der Waals surface area contributed by atoms with Gasteiger partial charge < -0.3 is 4.90 Å². The standard InChI is InChI=1S/C23H27N3O2S2/c27-17(25-9-2-1-3-10-25)13-26-22-21(30-23(26)28)19(16-5-4-8-24-12-16)18-14-6-7-15(11-14)20(18)29-22/h4-5,8,12,14-15,18-20H,1-3,6-7,9-11,13H2/t14-,15-,18-,19-,20+/m0/s1. The number of piperidine rings is 1. The molecular weight excluding hydrogens is 414 g/mol. The molecule has 1 saturated heterocycles. The molecule has 0 aromatic carbocycles. The summed E-state index contributed by atoms with van der Waals surface area (Å²) in [5, 5.41) is 1.63. The summed E-state index contributed by atoms with van der Waals surface area (Å²) in [6.07, 6.45) is 11.1. The van der Waals surface area contributed by atoms with Gasteiger partial charge in [0.05, 0.1) is 5.03 Å². The van der Waals surface area contributed by atoms with Crippen molar-refractivity contribution in [3.63, 3.8) is 0 Å². The third-order valence-corrected chi connectivity index (χ3v) is 10.6. The molecule has 4 heterocycles. The molecule has 2 saturated carbocycles. The number of hydrogen-bond donors (Lipinski definition) is 0. The molecule has 2 bridgehead atoms. The number of rotatable bonds is 3.